The van der Waals surface area contributed by atoms with Crippen LogP contribution in [0.3, 0.4) is 0 Å². The molecule has 1 aliphatic rings. The van der Waals surface area contributed by atoms with Gasteiger partial charge in [-0.25, -0.2) is 0 Å². The highest BCUT2D eigenvalue weighted by Gasteiger charge is 2.32. The fourth-order valence-corrected chi connectivity index (χ4v) is 3.33. The van der Waals surface area contributed by atoms with E-state index >= 15 is 0 Å². The summed E-state index contributed by atoms with van der Waals surface area (Å²) >= 11 is 0. The Morgan fingerprint density at radius 1 is 1.27 bits per heavy atom. The maximum atomic E-state index is 12.5. The number of likely N-dealkylation sites (tertiary alicyclic amines) is 1. The summed E-state index contributed by atoms with van der Waals surface area (Å²) in [7, 11) is 5.77. The molecule has 0 unspecified atom stereocenters. The summed E-state index contributed by atoms with van der Waals surface area (Å²) in [6.45, 7) is 1.97. The minimum Gasteiger partial charge on any atom is -0.390 e. The Bertz CT molecular complexity index is 738. The van der Waals surface area contributed by atoms with Crippen molar-refractivity contribution in [1.29, 1.82) is 0 Å². The van der Waals surface area contributed by atoms with E-state index in [9.17, 15) is 9.90 Å². The molecule has 1 fully saturated rings. The third-order valence-corrected chi connectivity index (χ3v) is 4.60. The highest BCUT2D eigenvalue weighted by Crippen LogP contribution is 2.18. The van der Waals surface area contributed by atoms with E-state index in [0.29, 0.717) is 13.1 Å². The highest BCUT2D eigenvalue weighted by molar-refractivity contribution is 5.79. The molecule has 1 N–H and O–H groups in total. The summed E-state index contributed by atoms with van der Waals surface area (Å²) in [5.74, 6) is 0. The number of likely N-dealkylation sites (N-methyl/N-ethyl adjacent to an activating group) is 1. The average Bonchev–Trinajstić information content (AvgIpc) is 2.85. The first-order chi connectivity index (χ1) is 10.5. The Morgan fingerprint density at radius 2 is 2.00 bits per heavy atom. The number of nitrogens with zero attached hydrogens (tertiary/aromatic N) is 3. The predicted octanol–water partition coefficient (Wildman–Crippen LogP) is 0.645. The lowest BCUT2D eigenvalue weighted by Crippen LogP contribution is -2.38. The molecule has 2 aromatic rings. The Morgan fingerprint density at radius 3 is 2.68 bits per heavy atom. The minimum atomic E-state index is -0.362. The summed E-state index contributed by atoms with van der Waals surface area (Å²) in [5.41, 5.74) is 1.78. The molecule has 5 nitrogen and oxygen atoms in total. The zero-order valence-electron chi connectivity index (χ0n) is 13.4. The summed E-state index contributed by atoms with van der Waals surface area (Å²) in [5, 5.41) is 11.2. The third kappa shape index (κ3) is 2.67. The van der Waals surface area contributed by atoms with E-state index in [2.05, 4.69) is 4.90 Å². The van der Waals surface area contributed by atoms with Gasteiger partial charge in [-0.1, -0.05) is 18.2 Å². The number of β-amino-alcohol motifs (C(OH)–C–C–N with tert-alkyl or cyclic N) is 1. The summed E-state index contributed by atoms with van der Waals surface area (Å²) in [6.07, 6.45) is -0.362. The van der Waals surface area contributed by atoms with E-state index in [1.165, 1.54) is 0 Å². The van der Waals surface area contributed by atoms with Gasteiger partial charge >= 0.3 is 0 Å². The monoisotopic (exact) mass is 301 g/mol. The van der Waals surface area contributed by atoms with Crippen molar-refractivity contribution in [2.45, 2.75) is 18.7 Å². The second-order valence-corrected chi connectivity index (χ2v) is 6.38. The van der Waals surface area contributed by atoms with Crippen LogP contribution in [0.2, 0.25) is 0 Å². The molecule has 5 heteroatoms. The van der Waals surface area contributed by atoms with Crippen molar-refractivity contribution in [3.8, 4) is 0 Å². The first-order valence-electron chi connectivity index (χ1n) is 7.62. The Balaban J connectivity index is 1.89. The average molecular weight is 301 g/mol. The van der Waals surface area contributed by atoms with E-state index in [1.54, 1.807) is 4.57 Å². The van der Waals surface area contributed by atoms with Gasteiger partial charge in [0.1, 0.15) is 0 Å². The zero-order chi connectivity index (χ0) is 15.9. The van der Waals surface area contributed by atoms with Crippen molar-refractivity contribution in [2.24, 2.45) is 7.05 Å². The zero-order valence-corrected chi connectivity index (χ0v) is 13.4. The standard InChI is InChI=1S/C17H23N3O2/c1-18(2)15-10-20(11-16(15)21)9-13-8-12-6-4-5-7-14(12)19(3)17(13)22/h4-8,15-16,21H,9-11H2,1-3H3/t15-,16-/m1/s1. The number of pyridine rings is 1. The van der Waals surface area contributed by atoms with Crippen LogP contribution < -0.4 is 5.56 Å². The van der Waals surface area contributed by atoms with Gasteiger partial charge < -0.3 is 14.6 Å². The first-order valence-corrected chi connectivity index (χ1v) is 7.62. The van der Waals surface area contributed by atoms with Crippen LogP contribution in [0.25, 0.3) is 10.9 Å². The number of aryl methyl sites for hydroxylation is 1. The smallest absolute Gasteiger partial charge is 0.255 e. The molecule has 0 amide bonds. The molecule has 1 aromatic heterocycles. The predicted molar refractivity (Wildman–Crippen MR) is 87.9 cm³/mol. The van der Waals surface area contributed by atoms with Crippen molar-refractivity contribution in [3.05, 3.63) is 46.2 Å². The number of aromatic nitrogens is 1. The molecule has 0 spiro atoms. The normalized spacial score (nSPS) is 22.8. The molecule has 0 aliphatic carbocycles. The van der Waals surface area contributed by atoms with Gasteiger partial charge in [0.15, 0.2) is 0 Å². The van der Waals surface area contributed by atoms with E-state index in [4.69, 9.17) is 0 Å². The van der Waals surface area contributed by atoms with Gasteiger partial charge in [-0.3, -0.25) is 9.69 Å². The lowest BCUT2D eigenvalue weighted by molar-refractivity contribution is 0.112. The van der Waals surface area contributed by atoms with E-state index in [0.717, 1.165) is 23.0 Å². The number of hydrogen-bond donors (Lipinski definition) is 1. The fraction of sp³-hybridized carbons (Fsp3) is 0.471. The van der Waals surface area contributed by atoms with Crippen molar-refractivity contribution in [1.82, 2.24) is 14.4 Å². The molecule has 22 heavy (non-hydrogen) atoms. The van der Waals surface area contributed by atoms with Gasteiger partial charge in [-0.2, -0.15) is 0 Å². The Hall–Kier alpha value is -1.69. The number of rotatable bonds is 3. The van der Waals surface area contributed by atoms with Gasteiger partial charge in [0.2, 0.25) is 0 Å². The molecule has 1 aliphatic heterocycles. The van der Waals surface area contributed by atoms with E-state index in [-0.39, 0.29) is 17.7 Å². The first kappa shape index (κ1) is 15.2. The topological polar surface area (TPSA) is 48.7 Å². The van der Waals surface area contributed by atoms with Gasteiger partial charge in [0.05, 0.1) is 11.6 Å². The molecule has 1 aromatic carbocycles. The van der Waals surface area contributed by atoms with Crippen molar-refractivity contribution >= 4 is 10.9 Å². The molecule has 3 rings (SSSR count). The van der Waals surface area contributed by atoms with Crippen LogP contribution in [0, 0.1) is 0 Å². The molecule has 0 bridgehead atoms. The maximum Gasteiger partial charge on any atom is 0.255 e. The Kier molecular flexibility index (Phi) is 4.04. The molecule has 2 heterocycles. The summed E-state index contributed by atoms with van der Waals surface area (Å²) in [4.78, 5) is 16.7. The van der Waals surface area contributed by atoms with Crippen molar-refractivity contribution in [3.63, 3.8) is 0 Å². The lowest BCUT2D eigenvalue weighted by atomic mass is 10.1. The van der Waals surface area contributed by atoms with Crippen molar-refractivity contribution < 1.29 is 5.11 Å². The largest absolute Gasteiger partial charge is 0.390 e. The van der Waals surface area contributed by atoms with E-state index in [1.807, 2.05) is 56.4 Å². The van der Waals surface area contributed by atoms with Crippen LogP contribution in [-0.4, -0.2) is 58.8 Å². The van der Waals surface area contributed by atoms with Gasteiger partial charge in [0, 0.05) is 38.3 Å². The van der Waals surface area contributed by atoms with Gasteiger partial charge in [0.25, 0.3) is 5.56 Å². The molecule has 2 atom stereocenters. The van der Waals surface area contributed by atoms with Crippen LogP contribution in [-0.2, 0) is 13.6 Å². The second kappa shape index (κ2) is 5.83. The molecule has 1 saturated heterocycles. The maximum absolute atomic E-state index is 12.5. The van der Waals surface area contributed by atoms with Crippen LogP contribution in [0.15, 0.2) is 35.1 Å². The highest BCUT2D eigenvalue weighted by atomic mass is 16.3. The number of aliphatic hydroxyl groups is 1. The van der Waals surface area contributed by atoms with Gasteiger partial charge in [-0.15, -0.1) is 0 Å². The number of fused-ring (bicyclic) bond motifs is 1. The third-order valence-electron chi connectivity index (χ3n) is 4.60. The second-order valence-electron chi connectivity index (χ2n) is 6.38. The van der Waals surface area contributed by atoms with Crippen molar-refractivity contribution in [2.75, 3.05) is 27.2 Å². The van der Waals surface area contributed by atoms with E-state index < -0.39 is 0 Å². The number of para-hydroxylation sites is 1. The van der Waals surface area contributed by atoms with Gasteiger partial charge in [-0.05, 0) is 31.6 Å². The molecular formula is C17H23N3O2. The van der Waals surface area contributed by atoms with Crippen LogP contribution in [0.1, 0.15) is 5.56 Å². The minimum absolute atomic E-state index is 0.0430. The van der Waals surface area contributed by atoms with Crippen LogP contribution in [0.4, 0.5) is 0 Å². The number of aliphatic hydroxyl groups excluding tert-OH is 1. The Labute approximate surface area is 130 Å². The molecule has 118 valence electrons. The van der Waals surface area contributed by atoms with Crippen LogP contribution >= 0.6 is 0 Å². The SMILES string of the molecule is CN(C)[C@@H]1CN(Cc2cc3ccccc3n(C)c2=O)C[C@H]1O. The lowest BCUT2D eigenvalue weighted by Gasteiger charge is -2.21. The molecule has 0 radical (unpaired) electrons. The van der Waals surface area contributed by atoms with Crippen LogP contribution in [0.5, 0.6) is 0 Å². The molecule has 0 saturated carbocycles. The number of benzene rings is 1. The summed E-state index contributed by atoms with van der Waals surface area (Å²) in [6, 6.07) is 10.0. The summed E-state index contributed by atoms with van der Waals surface area (Å²) < 4.78 is 1.71. The fourth-order valence-electron chi connectivity index (χ4n) is 3.33. The number of hydrogen-bond acceptors (Lipinski definition) is 4. The quantitative estimate of drug-likeness (QED) is 0.904. The molecular weight excluding hydrogens is 278 g/mol.